The van der Waals surface area contributed by atoms with Crippen LogP contribution in [0.25, 0.3) is 0 Å². The highest BCUT2D eigenvalue weighted by molar-refractivity contribution is 7.99. The number of methoxy groups -OCH3 is 1. The Hall–Kier alpha value is -1.45. The van der Waals surface area contributed by atoms with E-state index in [1.165, 1.54) is 16.0 Å². The molecule has 112 valence electrons. The minimum absolute atomic E-state index is 0.329. The third-order valence-electron chi connectivity index (χ3n) is 3.35. The van der Waals surface area contributed by atoms with E-state index in [9.17, 15) is 0 Å². The van der Waals surface area contributed by atoms with Crippen LogP contribution in [0.2, 0.25) is 0 Å². The summed E-state index contributed by atoms with van der Waals surface area (Å²) in [5.74, 6) is 1.92. The molecule has 2 aromatic carbocycles. The average molecular weight is 301 g/mol. The molecule has 1 unspecified atom stereocenters. The van der Waals surface area contributed by atoms with Crippen molar-refractivity contribution in [2.45, 2.75) is 24.8 Å². The molecule has 0 aromatic heterocycles. The molecule has 0 fully saturated rings. The predicted octanol–water partition coefficient (Wildman–Crippen LogP) is 4.45. The van der Waals surface area contributed by atoms with Crippen LogP contribution in [0.4, 0.5) is 0 Å². The molecule has 0 heterocycles. The van der Waals surface area contributed by atoms with Gasteiger partial charge < -0.3 is 10.1 Å². The van der Waals surface area contributed by atoms with Crippen LogP contribution in [0, 0.1) is 6.92 Å². The van der Waals surface area contributed by atoms with E-state index in [4.69, 9.17) is 4.74 Å². The van der Waals surface area contributed by atoms with Crippen LogP contribution in [-0.2, 0) is 0 Å². The van der Waals surface area contributed by atoms with Gasteiger partial charge in [-0.2, -0.15) is 0 Å². The van der Waals surface area contributed by atoms with Gasteiger partial charge in [0.1, 0.15) is 5.75 Å². The molecule has 0 saturated heterocycles. The summed E-state index contributed by atoms with van der Waals surface area (Å²) in [7, 11) is 1.71. The standard InChI is InChI=1S/C18H23NOS/c1-4-19-18(15-8-6-9-16(12-15)20-3)13-21-17-10-5-7-14(2)11-17/h5-12,18-19H,4,13H2,1-3H3. The highest BCUT2D eigenvalue weighted by Crippen LogP contribution is 2.27. The molecule has 0 bridgehead atoms. The van der Waals surface area contributed by atoms with Gasteiger partial charge in [-0.25, -0.2) is 0 Å². The monoisotopic (exact) mass is 301 g/mol. The van der Waals surface area contributed by atoms with E-state index in [1.807, 2.05) is 17.8 Å². The smallest absolute Gasteiger partial charge is 0.119 e. The normalized spacial score (nSPS) is 12.1. The lowest BCUT2D eigenvalue weighted by atomic mass is 10.1. The second kappa shape index (κ2) is 8.11. The fourth-order valence-corrected chi connectivity index (χ4v) is 3.38. The van der Waals surface area contributed by atoms with Gasteiger partial charge >= 0.3 is 0 Å². The largest absolute Gasteiger partial charge is 0.497 e. The maximum Gasteiger partial charge on any atom is 0.119 e. The summed E-state index contributed by atoms with van der Waals surface area (Å²) in [5, 5.41) is 3.56. The Morgan fingerprint density at radius 2 is 1.95 bits per heavy atom. The topological polar surface area (TPSA) is 21.3 Å². The quantitative estimate of drug-likeness (QED) is 0.764. The van der Waals surface area contributed by atoms with E-state index in [1.54, 1.807) is 7.11 Å². The third kappa shape index (κ3) is 4.80. The molecule has 1 atom stereocenters. The van der Waals surface area contributed by atoms with E-state index < -0.39 is 0 Å². The minimum Gasteiger partial charge on any atom is -0.497 e. The maximum absolute atomic E-state index is 5.33. The van der Waals surface area contributed by atoms with Gasteiger partial charge in [0.2, 0.25) is 0 Å². The molecule has 2 aromatic rings. The first-order valence-electron chi connectivity index (χ1n) is 7.29. The lowest BCUT2D eigenvalue weighted by Gasteiger charge is -2.19. The van der Waals surface area contributed by atoms with Crippen LogP contribution in [0.1, 0.15) is 24.1 Å². The van der Waals surface area contributed by atoms with Crippen molar-refractivity contribution in [1.29, 1.82) is 0 Å². The second-order valence-electron chi connectivity index (χ2n) is 5.01. The Morgan fingerprint density at radius 3 is 2.67 bits per heavy atom. The van der Waals surface area contributed by atoms with Crippen LogP contribution in [-0.4, -0.2) is 19.4 Å². The molecular formula is C18H23NOS. The van der Waals surface area contributed by atoms with Crippen molar-refractivity contribution in [2.24, 2.45) is 0 Å². The Balaban J connectivity index is 2.07. The van der Waals surface area contributed by atoms with Gasteiger partial charge in [-0.3, -0.25) is 0 Å². The number of aryl methyl sites for hydroxylation is 1. The van der Waals surface area contributed by atoms with Crippen LogP contribution in [0.3, 0.4) is 0 Å². The Morgan fingerprint density at radius 1 is 1.14 bits per heavy atom. The van der Waals surface area contributed by atoms with Crippen LogP contribution in [0.15, 0.2) is 53.4 Å². The summed E-state index contributed by atoms with van der Waals surface area (Å²) in [6.07, 6.45) is 0. The zero-order valence-electron chi connectivity index (χ0n) is 12.9. The predicted molar refractivity (Wildman–Crippen MR) is 91.3 cm³/mol. The lowest BCUT2D eigenvalue weighted by Crippen LogP contribution is -2.22. The van der Waals surface area contributed by atoms with E-state index in [0.717, 1.165) is 18.0 Å². The van der Waals surface area contributed by atoms with Crippen molar-refractivity contribution in [3.8, 4) is 5.75 Å². The minimum atomic E-state index is 0.329. The van der Waals surface area contributed by atoms with Gasteiger partial charge in [-0.05, 0) is 43.3 Å². The van der Waals surface area contributed by atoms with Crippen molar-refractivity contribution in [3.63, 3.8) is 0 Å². The molecule has 0 aliphatic heterocycles. The number of ether oxygens (including phenoxy) is 1. The summed E-state index contributed by atoms with van der Waals surface area (Å²) in [5.41, 5.74) is 2.58. The molecule has 0 saturated carbocycles. The molecule has 1 N–H and O–H groups in total. The number of benzene rings is 2. The number of hydrogen-bond acceptors (Lipinski definition) is 3. The number of rotatable bonds is 7. The van der Waals surface area contributed by atoms with Crippen LogP contribution >= 0.6 is 11.8 Å². The summed E-state index contributed by atoms with van der Waals surface area (Å²) in [4.78, 5) is 1.32. The average Bonchev–Trinajstić information content (AvgIpc) is 2.51. The fourth-order valence-electron chi connectivity index (χ4n) is 2.26. The molecule has 2 rings (SSSR count). The Labute approximate surface area is 131 Å². The number of hydrogen-bond donors (Lipinski definition) is 1. The SMILES string of the molecule is CCNC(CSc1cccc(C)c1)c1cccc(OC)c1. The van der Waals surface area contributed by atoms with E-state index >= 15 is 0 Å². The van der Waals surface area contributed by atoms with E-state index in [-0.39, 0.29) is 0 Å². The third-order valence-corrected chi connectivity index (χ3v) is 4.44. The first-order chi connectivity index (χ1) is 10.2. The maximum atomic E-state index is 5.33. The molecule has 21 heavy (non-hydrogen) atoms. The van der Waals surface area contributed by atoms with Crippen molar-refractivity contribution >= 4 is 11.8 Å². The molecule has 0 amide bonds. The van der Waals surface area contributed by atoms with Crippen LogP contribution in [0.5, 0.6) is 5.75 Å². The molecular weight excluding hydrogens is 278 g/mol. The highest BCUT2D eigenvalue weighted by Gasteiger charge is 2.11. The molecule has 0 spiro atoms. The summed E-state index contributed by atoms with van der Waals surface area (Å²) in [6, 6.07) is 17.3. The molecule has 0 aliphatic carbocycles. The number of thioether (sulfide) groups is 1. The van der Waals surface area contributed by atoms with Gasteiger partial charge in [0.05, 0.1) is 7.11 Å². The molecule has 0 radical (unpaired) electrons. The van der Waals surface area contributed by atoms with Gasteiger partial charge in [0.15, 0.2) is 0 Å². The van der Waals surface area contributed by atoms with E-state index in [2.05, 4.69) is 61.6 Å². The molecule has 2 nitrogen and oxygen atoms in total. The van der Waals surface area contributed by atoms with Crippen LogP contribution < -0.4 is 10.1 Å². The van der Waals surface area contributed by atoms with Gasteiger partial charge in [-0.15, -0.1) is 11.8 Å². The second-order valence-corrected chi connectivity index (χ2v) is 6.11. The molecule has 3 heteroatoms. The summed E-state index contributed by atoms with van der Waals surface area (Å²) < 4.78 is 5.33. The van der Waals surface area contributed by atoms with Gasteiger partial charge in [0, 0.05) is 16.7 Å². The zero-order chi connectivity index (χ0) is 15.1. The fraction of sp³-hybridized carbons (Fsp3) is 0.333. The van der Waals surface area contributed by atoms with Crippen molar-refractivity contribution < 1.29 is 4.74 Å². The number of nitrogens with one attached hydrogen (secondary N) is 1. The van der Waals surface area contributed by atoms with Crippen molar-refractivity contribution in [3.05, 3.63) is 59.7 Å². The first-order valence-corrected chi connectivity index (χ1v) is 8.28. The van der Waals surface area contributed by atoms with Crippen molar-refractivity contribution in [1.82, 2.24) is 5.32 Å². The van der Waals surface area contributed by atoms with Gasteiger partial charge in [0.25, 0.3) is 0 Å². The first kappa shape index (κ1) is 15.9. The van der Waals surface area contributed by atoms with Crippen molar-refractivity contribution in [2.75, 3.05) is 19.4 Å². The zero-order valence-corrected chi connectivity index (χ0v) is 13.7. The Bertz CT molecular complexity index is 571. The summed E-state index contributed by atoms with van der Waals surface area (Å²) >= 11 is 1.89. The highest BCUT2D eigenvalue weighted by atomic mass is 32.2. The molecule has 0 aliphatic rings. The van der Waals surface area contributed by atoms with Gasteiger partial charge in [-0.1, -0.05) is 36.8 Å². The van der Waals surface area contributed by atoms with E-state index in [0.29, 0.717) is 6.04 Å². The lowest BCUT2D eigenvalue weighted by molar-refractivity contribution is 0.413. The summed E-state index contributed by atoms with van der Waals surface area (Å²) in [6.45, 7) is 5.23. The Kier molecular flexibility index (Phi) is 6.15.